The Morgan fingerprint density at radius 3 is 2.45 bits per heavy atom. The van der Waals surface area contributed by atoms with Crippen LogP contribution in [0.3, 0.4) is 0 Å². The molecule has 0 spiro atoms. The summed E-state index contributed by atoms with van der Waals surface area (Å²) in [4.78, 5) is 25.7. The molecule has 3 aromatic rings. The summed E-state index contributed by atoms with van der Waals surface area (Å²) < 4.78 is 1.81. The Morgan fingerprint density at radius 2 is 1.76 bits per heavy atom. The van der Waals surface area contributed by atoms with Gasteiger partial charge < -0.3 is 9.80 Å². The fourth-order valence-electron chi connectivity index (χ4n) is 3.91. The van der Waals surface area contributed by atoms with Crippen molar-refractivity contribution in [1.29, 1.82) is 0 Å². The summed E-state index contributed by atoms with van der Waals surface area (Å²) in [6.07, 6.45) is 3.36. The van der Waals surface area contributed by atoms with E-state index in [9.17, 15) is 4.79 Å². The maximum Gasteiger partial charge on any atom is 0.225 e. The summed E-state index contributed by atoms with van der Waals surface area (Å²) in [5, 5.41) is 8.67. The summed E-state index contributed by atoms with van der Waals surface area (Å²) in [7, 11) is 0. The van der Waals surface area contributed by atoms with Crippen LogP contribution in [0.2, 0.25) is 0 Å². The van der Waals surface area contributed by atoms with Crippen molar-refractivity contribution in [3.63, 3.8) is 0 Å². The minimum atomic E-state index is 0.130. The number of amides is 1. The largest absolute Gasteiger partial charge is 0.351 e. The highest BCUT2D eigenvalue weighted by atomic mass is 16.2. The predicted octanol–water partition coefficient (Wildman–Crippen LogP) is 2.35. The molecule has 1 aliphatic rings. The molecular weight excluding hydrogens is 366 g/mol. The van der Waals surface area contributed by atoms with Crippen molar-refractivity contribution in [3.8, 4) is 0 Å². The van der Waals surface area contributed by atoms with Gasteiger partial charge in [0.25, 0.3) is 0 Å². The SMILES string of the molecule is CCC(CC)C(=O)N1CCN(c2ncnc3c2nnn3Cc2ccccc2)CC1. The summed E-state index contributed by atoms with van der Waals surface area (Å²) in [6, 6.07) is 10.1. The summed E-state index contributed by atoms with van der Waals surface area (Å²) in [6.45, 7) is 7.67. The molecule has 8 heteroatoms. The van der Waals surface area contributed by atoms with Gasteiger partial charge in [-0.05, 0) is 18.4 Å². The monoisotopic (exact) mass is 393 g/mol. The van der Waals surface area contributed by atoms with Crippen LogP contribution in [0.15, 0.2) is 36.7 Å². The Hall–Kier alpha value is -3.03. The Labute approximate surface area is 170 Å². The number of carbonyl (C=O) groups excluding carboxylic acids is 1. The molecule has 0 bridgehead atoms. The van der Waals surface area contributed by atoms with Crippen LogP contribution < -0.4 is 4.90 Å². The smallest absolute Gasteiger partial charge is 0.225 e. The van der Waals surface area contributed by atoms with Gasteiger partial charge in [0, 0.05) is 32.1 Å². The number of carbonyl (C=O) groups is 1. The third-order valence-corrected chi connectivity index (χ3v) is 5.68. The topological polar surface area (TPSA) is 80.0 Å². The number of hydrogen-bond donors (Lipinski definition) is 0. The highest BCUT2D eigenvalue weighted by Crippen LogP contribution is 2.23. The van der Waals surface area contributed by atoms with E-state index in [4.69, 9.17) is 0 Å². The summed E-state index contributed by atoms with van der Waals surface area (Å²) in [5.74, 6) is 1.20. The number of anilines is 1. The maximum absolute atomic E-state index is 12.6. The molecule has 3 heterocycles. The van der Waals surface area contributed by atoms with Gasteiger partial charge in [-0.15, -0.1) is 5.10 Å². The van der Waals surface area contributed by atoms with E-state index in [1.807, 2.05) is 27.8 Å². The van der Waals surface area contributed by atoms with Crippen LogP contribution in [0, 0.1) is 5.92 Å². The van der Waals surface area contributed by atoms with Crippen LogP contribution in [0.1, 0.15) is 32.3 Å². The lowest BCUT2D eigenvalue weighted by molar-refractivity contribution is -0.136. The number of benzene rings is 1. The minimum Gasteiger partial charge on any atom is -0.351 e. The van der Waals surface area contributed by atoms with Crippen molar-refractivity contribution >= 4 is 22.9 Å². The molecule has 4 rings (SSSR count). The molecule has 1 fully saturated rings. The van der Waals surface area contributed by atoms with Gasteiger partial charge in [-0.25, -0.2) is 14.6 Å². The Balaban J connectivity index is 1.50. The van der Waals surface area contributed by atoms with Gasteiger partial charge in [-0.1, -0.05) is 49.4 Å². The van der Waals surface area contributed by atoms with Crippen molar-refractivity contribution in [2.24, 2.45) is 5.92 Å². The van der Waals surface area contributed by atoms with Gasteiger partial charge in [-0.3, -0.25) is 4.79 Å². The molecule has 29 heavy (non-hydrogen) atoms. The van der Waals surface area contributed by atoms with E-state index in [-0.39, 0.29) is 11.8 Å². The number of fused-ring (bicyclic) bond motifs is 1. The molecule has 0 saturated carbocycles. The van der Waals surface area contributed by atoms with Crippen LogP contribution >= 0.6 is 0 Å². The number of hydrogen-bond acceptors (Lipinski definition) is 6. The number of aromatic nitrogens is 5. The van der Waals surface area contributed by atoms with E-state index >= 15 is 0 Å². The van der Waals surface area contributed by atoms with E-state index < -0.39 is 0 Å². The van der Waals surface area contributed by atoms with Crippen LogP contribution in [0.4, 0.5) is 5.82 Å². The van der Waals surface area contributed by atoms with Gasteiger partial charge in [0.2, 0.25) is 5.91 Å². The third-order valence-electron chi connectivity index (χ3n) is 5.68. The molecule has 1 saturated heterocycles. The van der Waals surface area contributed by atoms with Gasteiger partial charge in [0.15, 0.2) is 17.0 Å². The van der Waals surface area contributed by atoms with Gasteiger partial charge >= 0.3 is 0 Å². The van der Waals surface area contributed by atoms with Gasteiger partial charge in [0.05, 0.1) is 6.54 Å². The molecule has 0 radical (unpaired) electrons. The van der Waals surface area contributed by atoms with E-state index in [0.717, 1.165) is 43.0 Å². The van der Waals surface area contributed by atoms with Gasteiger partial charge in [0.1, 0.15) is 6.33 Å². The molecule has 1 aromatic carbocycles. The summed E-state index contributed by atoms with van der Waals surface area (Å²) >= 11 is 0. The zero-order valence-electron chi connectivity index (χ0n) is 17.0. The highest BCUT2D eigenvalue weighted by molar-refractivity contribution is 5.83. The van der Waals surface area contributed by atoms with E-state index in [1.165, 1.54) is 0 Å². The van der Waals surface area contributed by atoms with Crippen molar-refractivity contribution in [3.05, 3.63) is 42.2 Å². The zero-order chi connectivity index (χ0) is 20.2. The van der Waals surface area contributed by atoms with Crippen molar-refractivity contribution in [1.82, 2.24) is 29.9 Å². The lowest BCUT2D eigenvalue weighted by atomic mass is 10.0. The maximum atomic E-state index is 12.6. The fourth-order valence-corrected chi connectivity index (χ4v) is 3.91. The molecule has 152 valence electrons. The van der Waals surface area contributed by atoms with Crippen LogP contribution in [-0.4, -0.2) is 61.9 Å². The quantitative estimate of drug-likeness (QED) is 0.640. The highest BCUT2D eigenvalue weighted by Gasteiger charge is 2.27. The molecule has 0 unspecified atom stereocenters. The first-order valence-corrected chi connectivity index (χ1v) is 10.3. The second kappa shape index (κ2) is 8.55. The molecule has 0 N–H and O–H groups in total. The number of piperazine rings is 1. The number of nitrogens with zero attached hydrogens (tertiary/aromatic N) is 7. The Morgan fingerprint density at radius 1 is 1.03 bits per heavy atom. The number of rotatable bonds is 6. The van der Waals surface area contributed by atoms with E-state index in [0.29, 0.717) is 25.2 Å². The van der Waals surface area contributed by atoms with Crippen molar-refractivity contribution in [2.45, 2.75) is 33.2 Å². The molecular formula is C21H27N7O. The molecule has 0 aliphatic carbocycles. The predicted molar refractivity (Wildman–Crippen MR) is 112 cm³/mol. The Kier molecular flexibility index (Phi) is 5.69. The van der Waals surface area contributed by atoms with Crippen LogP contribution in [0.5, 0.6) is 0 Å². The van der Waals surface area contributed by atoms with Crippen LogP contribution in [0.25, 0.3) is 11.2 Å². The van der Waals surface area contributed by atoms with Crippen molar-refractivity contribution < 1.29 is 4.79 Å². The fraction of sp³-hybridized carbons (Fsp3) is 0.476. The standard InChI is InChI=1S/C21H27N7O/c1-3-17(4-2)21(29)27-12-10-26(11-13-27)19-18-20(23-15-22-19)28(25-24-18)14-16-8-6-5-7-9-16/h5-9,15,17H,3-4,10-14H2,1-2H3. The first-order chi connectivity index (χ1) is 14.2. The molecule has 1 amide bonds. The first kappa shape index (κ1) is 19.3. The second-order valence-corrected chi connectivity index (χ2v) is 7.43. The Bertz CT molecular complexity index is 960. The van der Waals surface area contributed by atoms with E-state index in [2.05, 4.69) is 51.2 Å². The lowest BCUT2D eigenvalue weighted by Gasteiger charge is -2.36. The van der Waals surface area contributed by atoms with Crippen molar-refractivity contribution in [2.75, 3.05) is 31.1 Å². The molecule has 8 nitrogen and oxygen atoms in total. The zero-order valence-corrected chi connectivity index (χ0v) is 17.0. The third kappa shape index (κ3) is 3.92. The second-order valence-electron chi connectivity index (χ2n) is 7.43. The molecule has 1 aliphatic heterocycles. The minimum absolute atomic E-state index is 0.130. The van der Waals surface area contributed by atoms with Gasteiger partial charge in [-0.2, -0.15) is 0 Å². The average molecular weight is 393 g/mol. The van der Waals surface area contributed by atoms with E-state index in [1.54, 1.807) is 6.33 Å². The first-order valence-electron chi connectivity index (χ1n) is 10.3. The molecule has 0 atom stereocenters. The lowest BCUT2D eigenvalue weighted by Crippen LogP contribution is -2.50. The summed E-state index contributed by atoms with van der Waals surface area (Å²) in [5.41, 5.74) is 2.59. The van der Waals surface area contributed by atoms with Crippen LogP contribution in [-0.2, 0) is 11.3 Å². The average Bonchev–Trinajstić information content (AvgIpc) is 3.18. The normalized spacial score (nSPS) is 14.7. The molecule has 2 aromatic heterocycles.